The van der Waals surface area contributed by atoms with Crippen molar-refractivity contribution in [3.63, 3.8) is 0 Å². The molecule has 0 amide bonds. The molecule has 0 heterocycles. The molecule has 276 valence electrons. The van der Waals surface area contributed by atoms with Gasteiger partial charge in [-0.25, -0.2) is 0 Å². The van der Waals surface area contributed by atoms with Gasteiger partial charge in [0.2, 0.25) is 5.31 Å². The van der Waals surface area contributed by atoms with E-state index in [1.165, 1.54) is 134 Å². The van der Waals surface area contributed by atoms with Crippen molar-refractivity contribution in [3.8, 4) is 0 Å². The zero-order valence-electron chi connectivity index (χ0n) is 34.3. The lowest BCUT2D eigenvalue weighted by Gasteiger charge is -2.64. The van der Waals surface area contributed by atoms with E-state index in [-0.39, 0.29) is 11.8 Å². The van der Waals surface area contributed by atoms with Crippen LogP contribution in [-0.2, 0) is 10.1 Å². The van der Waals surface area contributed by atoms with Crippen molar-refractivity contribution in [1.82, 2.24) is 0 Å². The van der Waals surface area contributed by atoms with Crippen LogP contribution in [0.15, 0.2) is 72.8 Å². The van der Waals surface area contributed by atoms with Crippen LogP contribution in [0, 0.1) is 83.1 Å². The van der Waals surface area contributed by atoms with Crippen LogP contribution in [0.3, 0.4) is 0 Å². The first-order valence-electron chi connectivity index (χ1n) is 20.0. The molecule has 0 aliphatic heterocycles. The quantitative estimate of drug-likeness (QED) is 0.120. The Morgan fingerprint density at radius 3 is 0.600 bits per heavy atom. The van der Waals surface area contributed by atoms with Crippen molar-refractivity contribution >= 4 is 35.9 Å². The largest absolute Gasteiger partial charge is 0.238 e. The summed E-state index contributed by atoms with van der Waals surface area (Å²) in [6.07, 6.45) is 0. The average molecular weight is 863 g/mol. The third-order valence-corrected chi connectivity index (χ3v) is 25.9. The molecule has 0 spiro atoms. The molecular formula is C52H50Br2Si. The van der Waals surface area contributed by atoms with E-state index in [0.717, 1.165) is 0 Å². The Balaban J connectivity index is 1.50. The Labute approximate surface area is 345 Å². The molecule has 6 aromatic carbocycles. The van der Waals surface area contributed by atoms with Gasteiger partial charge in [-0.2, -0.15) is 0 Å². The van der Waals surface area contributed by atoms with Crippen molar-refractivity contribution in [2.24, 2.45) is 0 Å². The van der Waals surface area contributed by atoms with E-state index in [0.29, 0.717) is 0 Å². The predicted molar refractivity (Wildman–Crippen MR) is 241 cm³/mol. The van der Waals surface area contributed by atoms with Crippen LogP contribution in [-0.4, -0.2) is 5.31 Å². The summed E-state index contributed by atoms with van der Waals surface area (Å²) in [5.74, 6) is 0.381. The van der Waals surface area contributed by atoms with Gasteiger partial charge >= 0.3 is 0 Å². The van der Waals surface area contributed by atoms with Crippen LogP contribution in [0.25, 0.3) is 0 Å². The number of hydrogen-bond donors (Lipinski definition) is 0. The molecule has 12 rings (SSSR count). The molecule has 0 radical (unpaired) electrons. The summed E-state index contributed by atoms with van der Waals surface area (Å²) < 4.78 is 0. The van der Waals surface area contributed by atoms with Gasteiger partial charge in [0.1, 0.15) is 0 Å². The molecule has 55 heavy (non-hydrogen) atoms. The third kappa shape index (κ3) is 4.09. The molecule has 6 aliphatic carbocycles. The fourth-order valence-electron chi connectivity index (χ4n) is 11.6. The number of halogens is 2. The van der Waals surface area contributed by atoms with Gasteiger partial charge < -0.3 is 0 Å². The van der Waals surface area contributed by atoms with Crippen molar-refractivity contribution < 1.29 is 0 Å². The number of benzene rings is 6. The fourth-order valence-corrected chi connectivity index (χ4v) is 23.2. The first-order valence-corrected chi connectivity index (χ1v) is 26.6. The number of rotatable bonds is 2. The van der Waals surface area contributed by atoms with E-state index >= 15 is 0 Å². The summed E-state index contributed by atoms with van der Waals surface area (Å²) in [6, 6.07) is 31.0. The maximum absolute atomic E-state index is 5.12. The van der Waals surface area contributed by atoms with Gasteiger partial charge in [0.25, 0.3) is 0 Å². The van der Waals surface area contributed by atoms with Gasteiger partial charge in [0.05, 0.1) is 10.1 Å². The number of hydrogen-bond acceptors (Lipinski definition) is 0. The molecule has 0 aromatic heterocycles. The predicted octanol–water partition coefficient (Wildman–Crippen LogP) is 13.7. The lowest BCUT2D eigenvalue weighted by Crippen LogP contribution is -2.68. The molecular weight excluding hydrogens is 812 g/mol. The van der Waals surface area contributed by atoms with Crippen LogP contribution >= 0.6 is 30.6 Å². The maximum Gasteiger partial charge on any atom is 0.238 e. The van der Waals surface area contributed by atoms with Crippen molar-refractivity contribution in [3.05, 3.63) is 206 Å². The zero-order chi connectivity index (χ0) is 39.0. The van der Waals surface area contributed by atoms with Crippen molar-refractivity contribution in [1.29, 1.82) is 0 Å². The third-order valence-electron chi connectivity index (χ3n) is 15.2. The van der Waals surface area contributed by atoms with E-state index in [2.05, 4.69) is 156 Å². The molecule has 0 atom stereocenters. The topological polar surface area (TPSA) is 0 Å². The second-order valence-electron chi connectivity index (χ2n) is 18.1. The summed E-state index contributed by atoms with van der Waals surface area (Å²) >= 11 is 10.2. The van der Waals surface area contributed by atoms with Crippen LogP contribution in [0.4, 0.5) is 0 Å². The van der Waals surface area contributed by atoms with Gasteiger partial charge in [0.15, 0.2) is 0 Å². The van der Waals surface area contributed by atoms with E-state index in [1.54, 1.807) is 0 Å². The van der Waals surface area contributed by atoms with Crippen molar-refractivity contribution in [2.75, 3.05) is 0 Å². The van der Waals surface area contributed by atoms with Crippen molar-refractivity contribution in [2.45, 2.75) is 105 Å². The monoisotopic (exact) mass is 860 g/mol. The van der Waals surface area contributed by atoms with Crippen LogP contribution in [0.2, 0.25) is 0 Å². The van der Waals surface area contributed by atoms with Gasteiger partial charge in [-0.3, -0.25) is 0 Å². The first kappa shape index (κ1) is 35.9. The standard InChI is InChI=1S/C52H50Br2Si/c1-25-13-37-43(19-31(25)7)51(44-20-32(8)26(2)14-38(44)49(37)39-15-27(3)33(9)21-45(39)51)55(53,54)52-46-22-34(10)28(4)16-40(46)50(41-17-29(5)35(11)23-47(41)52)42-18-30(6)36(12)24-48(42)52/h13-24,49-50H,1-12H3. The van der Waals surface area contributed by atoms with Crippen LogP contribution < -0.4 is 0 Å². The smallest absolute Gasteiger partial charge is 0.108 e. The van der Waals surface area contributed by atoms with E-state index in [4.69, 9.17) is 30.6 Å². The summed E-state index contributed by atoms with van der Waals surface area (Å²) in [5.41, 5.74) is 34.2. The fraction of sp³-hybridized carbons (Fsp3) is 0.308. The molecule has 0 saturated carbocycles. The summed E-state index contributed by atoms with van der Waals surface area (Å²) in [6.45, 7) is 27.8. The Kier molecular flexibility index (Phi) is 7.39. The molecule has 4 bridgehead atoms. The van der Waals surface area contributed by atoms with Gasteiger partial charge in [-0.15, -0.1) is 30.6 Å². The van der Waals surface area contributed by atoms with E-state index in [9.17, 15) is 0 Å². The van der Waals surface area contributed by atoms with E-state index < -0.39 is 15.4 Å². The first-order chi connectivity index (χ1) is 26.0. The molecule has 0 N–H and O–H groups in total. The normalized spacial score (nSPS) is 22.1. The Morgan fingerprint density at radius 2 is 0.436 bits per heavy atom. The SMILES string of the molecule is Cc1cc2c(cc1C)C1([Si](Br)(Br)C34c5cc(C)c(C)cc5C(c5cc(C)c(C)cc53)c3cc(C)c(C)cc34)c3cc(C)c(C)cc3C2c2cc(C)c(C)cc21. The summed E-state index contributed by atoms with van der Waals surface area (Å²) in [5, 5.41) is -4.24. The minimum Gasteiger partial charge on any atom is -0.108 e. The molecule has 6 aliphatic rings. The Hall–Kier alpha value is -3.50. The lowest BCUT2D eigenvalue weighted by atomic mass is 9.58. The molecule has 0 unspecified atom stereocenters. The molecule has 6 aromatic rings. The van der Waals surface area contributed by atoms with Crippen LogP contribution in [0.1, 0.15) is 145 Å². The number of aryl methyl sites for hydroxylation is 12. The highest BCUT2D eigenvalue weighted by molar-refractivity contribution is 9.51. The van der Waals surface area contributed by atoms with Gasteiger partial charge in [-0.1, -0.05) is 72.8 Å². The summed E-state index contributed by atoms with van der Waals surface area (Å²) in [4.78, 5) is 0. The summed E-state index contributed by atoms with van der Waals surface area (Å²) in [7, 11) is 0. The lowest BCUT2D eigenvalue weighted by molar-refractivity contribution is 0.632. The van der Waals surface area contributed by atoms with Gasteiger partial charge in [0, 0.05) is 11.8 Å². The molecule has 3 heteroatoms. The zero-order valence-corrected chi connectivity index (χ0v) is 38.5. The Morgan fingerprint density at radius 1 is 0.291 bits per heavy atom. The molecule has 0 nitrogen and oxygen atoms in total. The van der Waals surface area contributed by atoms with Crippen LogP contribution in [0.5, 0.6) is 0 Å². The minimum absolute atomic E-state index is 0.190. The second kappa shape index (κ2) is 11.3. The van der Waals surface area contributed by atoms with Gasteiger partial charge in [-0.05, 0) is 217 Å². The average Bonchev–Trinajstić information content (AvgIpc) is 3.11. The highest BCUT2D eigenvalue weighted by atomic mass is 79.9. The highest BCUT2D eigenvalue weighted by Crippen LogP contribution is 2.74. The molecule has 0 fully saturated rings. The molecule has 0 saturated heterocycles. The Bertz CT molecular complexity index is 2300. The maximum atomic E-state index is 5.12. The van der Waals surface area contributed by atoms with E-state index in [1.807, 2.05) is 0 Å². The second-order valence-corrected chi connectivity index (χ2v) is 31.1. The highest BCUT2D eigenvalue weighted by Gasteiger charge is 2.74. The minimum atomic E-state index is -3.25.